The second-order valence-electron chi connectivity index (χ2n) is 6.86. The van der Waals surface area contributed by atoms with Gasteiger partial charge in [0.2, 0.25) is 5.43 Å². The first-order valence-corrected chi connectivity index (χ1v) is 8.98. The molecule has 0 aliphatic heterocycles. The quantitative estimate of drug-likeness (QED) is 0.463. The van der Waals surface area contributed by atoms with Gasteiger partial charge in [-0.05, 0) is 43.5 Å². The van der Waals surface area contributed by atoms with E-state index in [4.69, 9.17) is 20.8 Å². The summed E-state index contributed by atoms with van der Waals surface area (Å²) in [6, 6.07) is 8.78. The van der Waals surface area contributed by atoms with Gasteiger partial charge in [-0.2, -0.15) is 0 Å². The minimum absolute atomic E-state index is 0.0190. The zero-order valence-electron chi connectivity index (χ0n) is 14.7. The Hall–Kier alpha value is -2.66. The molecular weight excluding hydrogens is 371 g/mol. The third-order valence-corrected chi connectivity index (χ3v) is 5.20. The van der Waals surface area contributed by atoms with Crippen molar-refractivity contribution in [1.82, 2.24) is 0 Å². The molecule has 4 rings (SSSR count). The largest absolute Gasteiger partial charge is 0.460 e. The summed E-state index contributed by atoms with van der Waals surface area (Å²) >= 11 is 6.11. The summed E-state index contributed by atoms with van der Waals surface area (Å²) in [6.45, 7) is 3.56. The van der Waals surface area contributed by atoms with Gasteiger partial charge in [0.1, 0.15) is 22.9 Å². The van der Waals surface area contributed by atoms with Gasteiger partial charge in [-0.25, -0.2) is 4.39 Å². The van der Waals surface area contributed by atoms with Crippen molar-refractivity contribution in [2.24, 2.45) is 11.8 Å². The van der Waals surface area contributed by atoms with E-state index in [9.17, 15) is 14.0 Å². The van der Waals surface area contributed by atoms with Crippen LogP contribution in [0.2, 0.25) is 5.02 Å². The molecule has 1 aromatic heterocycles. The molecule has 6 heteroatoms. The third-order valence-electron chi connectivity index (χ3n) is 4.88. The van der Waals surface area contributed by atoms with E-state index in [1.165, 1.54) is 36.4 Å². The number of halogens is 2. The van der Waals surface area contributed by atoms with E-state index in [2.05, 4.69) is 0 Å². The van der Waals surface area contributed by atoms with Crippen molar-refractivity contribution >= 4 is 28.5 Å². The molecule has 1 heterocycles. The van der Waals surface area contributed by atoms with Crippen LogP contribution >= 0.6 is 11.6 Å². The van der Waals surface area contributed by atoms with Gasteiger partial charge in [0.05, 0.1) is 21.9 Å². The minimum Gasteiger partial charge on any atom is -0.460 e. The number of rotatable bonds is 3. The van der Waals surface area contributed by atoms with Crippen molar-refractivity contribution in [2.75, 3.05) is 0 Å². The molecular formula is C21H16ClFO4. The smallest absolute Gasteiger partial charge is 0.314 e. The summed E-state index contributed by atoms with van der Waals surface area (Å²) in [5.41, 5.74) is -0.0232. The van der Waals surface area contributed by atoms with Crippen LogP contribution in [0.3, 0.4) is 0 Å². The van der Waals surface area contributed by atoms with Crippen molar-refractivity contribution in [3.05, 3.63) is 63.2 Å². The Kier molecular flexibility index (Phi) is 4.27. The average molecular weight is 387 g/mol. The van der Waals surface area contributed by atoms with Gasteiger partial charge in [0.25, 0.3) is 0 Å². The predicted octanol–water partition coefficient (Wildman–Crippen LogP) is 5.12. The van der Waals surface area contributed by atoms with Crippen molar-refractivity contribution < 1.29 is 18.3 Å². The standard InChI is InChI=1S/C21H16ClFO4/c1-10-8-14(10)21(25)27-12-6-7-13-17(9-12)26-11(2)18(20(13)24)19-15(22)4-3-5-16(19)23/h3-7,9-10,14H,8H2,1-2H3. The Bertz CT molecular complexity index is 1110. The van der Waals surface area contributed by atoms with E-state index in [0.29, 0.717) is 11.7 Å². The van der Waals surface area contributed by atoms with Gasteiger partial charge >= 0.3 is 5.97 Å². The van der Waals surface area contributed by atoms with Crippen LogP contribution < -0.4 is 10.2 Å². The van der Waals surface area contributed by atoms with Crippen LogP contribution in [0.4, 0.5) is 4.39 Å². The number of aryl methyl sites for hydroxylation is 1. The van der Waals surface area contributed by atoms with Crippen molar-refractivity contribution in [1.29, 1.82) is 0 Å². The molecule has 0 amide bonds. The Morgan fingerprint density at radius 2 is 2.00 bits per heavy atom. The summed E-state index contributed by atoms with van der Waals surface area (Å²) < 4.78 is 25.4. The van der Waals surface area contributed by atoms with E-state index in [-0.39, 0.29) is 44.8 Å². The number of esters is 1. The first kappa shape index (κ1) is 17.7. The van der Waals surface area contributed by atoms with E-state index in [0.717, 1.165) is 6.42 Å². The lowest BCUT2D eigenvalue weighted by molar-refractivity contribution is -0.136. The predicted molar refractivity (Wildman–Crippen MR) is 101 cm³/mol. The first-order valence-electron chi connectivity index (χ1n) is 8.60. The third kappa shape index (κ3) is 3.12. The Morgan fingerprint density at radius 1 is 1.26 bits per heavy atom. The minimum atomic E-state index is -0.596. The van der Waals surface area contributed by atoms with Gasteiger partial charge < -0.3 is 9.15 Å². The van der Waals surface area contributed by atoms with Crippen LogP contribution in [0.15, 0.2) is 45.6 Å². The zero-order valence-corrected chi connectivity index (χ0v) is 15.5. The van der Waals surface area contributed by atoms with Crippen molar-refractivity contribution in [3.8, 4) is 16.9 Å². The van der Waals surface area contributed by atoms with Gasteiger partial charge in [-0.15, -0.1) is 0 Å². The lowest BCUT2D eigenvalue weighted by atomic mass is 10.0. The normalized spacial score (nSPS) is 18.5. The molecule has 1 saturated carbocycles. The van der Waals surface area contributed by atoms with Gasteiger partial charge in [-0.1, -0.05) is 24.6 Å². The first-order chi connectivity index (χ1) is 12.9. The topological polar surface area (TPSA) is 56.5 Å². The lowest BCUT2D eigenvalue weighted by Crippen LogP contribution is -2.12. The fraction of sp³-hybridized carbons (Fsp3) is 0.238. The van der Waals surface area contributed by atoms with Crippen LogP contribution in [0.5, 0.6) is 5.75 Å². The molecule has 1 aliphatic rings. The SMILES string of the molecule is Cc1oc2cc(OC(=O)C3CC3C)ccc2c(=O)c1-c1c(F)cccc1Cl. The molecule has 1 fully saturated rings. The van der Waals surface area contributed by atoms with Crippen LogP contribution in [0.1, 0.15) is 19.1 Å². The average Bonchev–Trinajstić information content (AvgIpc) is 3.34. The maximum absolute atomic E-state index is 14.3. The molecule has 0 saturated heterocycles. The fourth-order valence-electron chi connectivity index (χ4n) is 3.22. The number of hydrogen-bond donors (Lipinski definition) is 0. The monoisotopic (exact) mass is 386 g/mol. The highest BCUT2D eigenvalue weighted by molar-refractivity contribution is 6.33. The zero-order chi connectivity index (χ0) is 19.3. The van der Waals surface area contributed by atoms with Gasteiger partial charge in [-0.3, -0.25) is 9.59 Å². The molecule has 2 aromatic carbocycles. The van der Waals surface area contributed by atoms with E-state index in [1.54, 1.807) is 6.92 Å². The summed E-state index contributed by atoms with van der Waals surface area (Å²) in [5.74, 6) is -0.0622. The molecule has 138 valence electrons. The Balaban J connectivity index is 1.80. The van der Waals surface area contributed by atoms with E-state index >= 15 is 0 Å². The van der Waals surface area contributed by atoms with Gasteiger partial charge in [0.15, 0.2) is 0 Å². The highest BCUT2D eigenvalue weighted by Gasteiger charge is 2.40. The number of benzene rings is 2. The number of carbonyl (C=O) groups is 1. The molecule has 0 spiro atoms. The maximum atomic E-state index is 14.3. The lowest BCUT2D eigenvalue weighted by Gasteiger charge is -2.10. The Morgan fingerprint density at radius 3 is 2.67 bits per heavy atom. The highest BCUT2D eigenvalue weighted by Crippen LogP contribution is 2.39. The van der Waals surface area contributed by atoms with Crippen LogP contribution in [0, 0.1) is 24.6 Å². The van der Waals surface area contributed by atoms with Crippen LogP contribution in [-0.4, -0.2) is 5.97 Å². The van der Waals surface area contributed by atoms with E-state index in [1.807, 2.05) is 6.92 Å². The second-order valence-corrected chi connectivity index (χ2v) is 7.26. The molecule has 2 atom stereocenters. The van der Waals surface area contributed by atoms with Crippen molar-refractivity contribution in [2.45, 2.75) is 20.3 Å². The maximum Gasteiger partial charge on any atom is 0.314 e. The second kappa shape index (κ2) is 6.50. The number of carbonyl (C=O) groups excluding carboxylic acids is 1. The van der Waals surface area contributed by atoms with Crippen LogP contribution in [-0.2, 0) is 4.79 Å². The van der Waals surface area contributed by atoms with Gasteiger partial charge in [0, 0.05) is 11.6 Å². The summed E-state index contributed by atoms with van der Waals surface area (Å²) in [4.78, 5) is 25.0. The summed E-state index contributed by atoms with van der Waals surface area (Å²) in [7, 11) is 0. The van der Waals surface area contributed by atoms with Crippen LogP contribution in [0.25, 0.3) is 22.1 Å². The van der Waals surface area contributed by atoms with Crippen molar-refractivity contribution in [3.63, 3.8) is 0 Å². The molecule has 1 aliphatic carbocycles. The molecule has 27 heavy (non-hydrogen) atoms. The summed E-state index contributed by atoms with van der Waals surface area (Å²) in [6.07, 6.45) is 0.827. The molecule has 0 radical (unpaired) electrons. The number of ether oxygens (including phenoxy) is 1. The number of fused-ring (bicyclic) bond motifs is 1. The molecule has 4 nitrogen and oxygen atoms in total. The Labute approximate surface area is 159 Å². The molecule has 0 bridgehead atoms. The molecule has 0 N–H and O–H groups in total. The fourth-order valence-corrected chi connectivity index (χ4v) is 3.47. The number of hydrogen-bond acceptors (Lipinski definition) is 4. The van der Waals surface area contributed by atoms with E-state index < -0.39 is 11.2 Å². The highest BCUT2D eigenvalue weighted by atomic mass is 35.5. The molecule has 2 unspecified atom stereocenters. The summed E-state index contributed by atoms with van der Waals surface area (Å²) in [5, 5.41) is 0.392. The molecule has 3 aromatic rings.